The number of carbonyl (C=O) groups excluding carboxylic acids is 8. The average Bonchev–Trinajstić information content (AvgIpc) is 2.21. The molecule has 0 saturated carbocycles. The summed E-state index contributed by atoms with van der Waals surface area (Å²) in [7, 11) is 0. The zero-order valence-electron chi connectivity index (χ0n) is 51.5. The number of halogens is 4. The minimum atomic E-state index is -0.837. The van der Waals surface area contributed by atoms with Gasteiger partial charge in [0.1, 0.15) is 45.7 Å². The molecule has 6 rings (SSSR count). The number of ether oxygens (including phenoxy) is 4. The predicted molar refractivity (Wildman–Crippen MR) is 327 cm³/mol. The van der Waals surface area contributed by atoms with Crippen molar-refractivity contribution in [2.45, 2.75) is 176 Å². The van der Waals surface area contributed by atoms with E-state index in [4.69, 9.17) is 42.1 Å². The number of aliphatic hydroxyl groups is 1. The van der Waals surface area contributed by atoms with E-state index in [9.17, 15) is 52.2 Å². The summed E-state index contributed by atoms with van der Waals surface area (Å²) in [6, 6.07) is 22.7. The Morgan fingerprint density at radius 2 is 0.943 bits per heavy atom. The number of benzene rings is 4. The Balaban J connectivity index is 0.000000311. The van der Waals surface area contributed by atoms with Crippen LogP contribution in [0.5, 0.6) is 0 Å². The highest BCUT2D eigenvalue weighted by molar-refractivity contribution is 6.37. The van der Waals surface area contributed by atoms with Crippen molar-refractivity contribution >= 4 is 82.6 Å². The maximum Gasteiger partial charge on any atom is 0.435 e. The summed E-state index contributed by atoms with van der Waals surface area (Å²) in [5.74, 6) is -3.88. The molecule has 0 heterocycles. The molecule has 6 amide bonds. The zero-order chi connectivity index (χ0) is 65.2. The number of carbonyl (C=O) groups is 8. The highest BCUT2D eigenvalue weighted by Gasteiger charge is 2.36. The molecule has 2 aliphatic carbocycles. The van der Waals surface area contributed by atoms with Gasteiger partial charge in [-0.1, -0.05) is 83.9 Å². The average molecular weight is 1250 g/mol. The molecule has 19 nitrogen and oxygen atoms in total. The molecule has 4 aromatic rings. The van der Waals surface area contributed by atoms with Gasteiger partial charge in [0.05, 0.1) is 22.1 Å². The van der Waals surface area contributed by atoms with Crippen molar-refractivity contribution < 1.29 is 71.2 Å². The summed E-state index contributed by atoms with van der Waals surface area (Å²) in [6.07, 6.45) is -0.192. The van der Waals surface area contributed by atoms with Crippen LogP contribution in [-0.4, -0.2) is 93.5 Å². The van der Waals surface area contributed by atoms with Crippen LogP contribution in [0.4, 0.5) is 28.0 Å². The molecule has 472 valence electrons. The van der Waals surface area contributed by atoms with E-state index in [1.807, 2.05) is 48.5 Å². The van der Waals surface area contributed by atoms with E-state index in [1.54, 1.807) is 83.1 Å². The molecule has 4 aromatic carbocycles. The van der Waals surface area contributed by atoms with Gasteiger partial charge in [-0.2, -0.15) is 9.98 Å². The minimum Gasteiger partial charge on any atom is -0.444 e. The van der Waals surface area contributed by atoms with Gasteiger partial charge in [-0.25, -0.2) is 28.0 Å². The lowest BCUT2D eigenvalue weighted by atomic mass is 9.94. The second-order valence-electron chi connectivity index (χ2n) is 24.8. The second kappa shape index (κ2) is 31.9. The van der Waals surface area contributed by atoms with Crippen LogP contribution in [0.2, 0.25) is 10.0 Å². The lowest BCUT2D eigenvalue weighted by molar-refractivity contribution is -0.138. The van der Waals surface area contributed by atoms with Crippen LogP contribution >= 0.6 is 23.2 Å². The van der Waals surface area contributed by atoms with Crippen molar-refractivity contribution in [3.63, 3.8) is 0 Å². The Morgan fingerprint density at radius 3 is 1.34 bits per heavy atom. The molecule has 0 unspecified atom stereocenters. The number of hydrogen-bond acceptors (Lipinski definition) is 13. The second-order valence-corrected chi connectivity index (χ2v) is 25.6. The number of ketones is 2. The number of nitrogens with zero attached hydrogens (tertiary/aromatic N) is 2. The first-order valence-electron chi connectivity index (χ1n) is 28.3. The summed E-state index contributed by atoms with van der Waals surface area (Å²) in [5, 5.41) is 19.8. The fourth-order valence-electron chi connectivity index (χ4n) is 9.12. The zero-order valence-corrected chi connectivity index (χ0v) is 53.0. The van der Waals surface area contributed by atoms with E-state index < -0.39 is 87.8 Å². The predicted octanol–water partition coefficient (Wildman–Crippen LogP) is 12.5. The summed E-state index contributed by atoms with van der Waals surface area (Å²) in [6.45, 7) is 22.2. The Labute approximate surface area is 517 Å². The monoisotopic (exact) mass is 1250 g/mol. The molecule has 2 aliphatic rings. The number of nitrogens with one attached hydrogen (secondary N) is 4. The van der Waals surface area contributed by atoms with Crippen LogP contribution in [0, 0.1) is 23.5 Å². The van der Waals surface area contributed by atoms with Crippen molar-refractivity contribution in [2.75, 3.05) is 6.61 Å². The number of amidine groups is 2. The summed E-state index contributed by atoms with van der Waals surface area (Å²) < 4.78 is 47.9. The van der Waals surface area contributed by atoms with Crippen molar-refractivity contribution in [3.05, 3.63) is 140 Å². The maximum absolute atomic E-state index is 13.8. The molecule has 23 heteroatoms. The Kier molecular flexibility index (Phi) is 26.3. The molecule has 5 N–H and O–H groups in total. The van der Waals surface area contributed by atoms with Gasteiger partial charge in [-0.15, -0.1) is 0 Å². The first kappa shape index (κ1) is 71.9. The van der Waals surface area contributed by atoms with Crippen LogP contribution in [0.3, 0.4) is 0 Å². The molecule has 0 spiro atoms. The van der Waals surface area contributed by atoms with Crippen LogP contribution in [-0.2, 0) is 63.8 Å². The number of alkyl carbamates (subject to hydrolysis) is 2. The van der Waals surface area contributed by atoms with Gasteiger partial charge in [0.2, 0.25) is 11.6 Å². The Hall–Kier alpha value is -7.62. The number of aliphatic hydroxyl groups excluding tert-OH is 1. The molecule has 0 radical (unpaired) electrons. The first-order chi connectivity index (χ1) is 40.4. The lowest BCUT2D eigenvalue weighted by Crippen LogP contribution is -2.38. The maximum atomic E-state index is 13.8. The van der Waals surface area contributed by atoms with Gasteiger partial charge in [-0.3, -0.25) is 29.8 Å². The van der Waals surface area contributed by atoms with Gasteiger partial charge in [0, 0.05) is 25.9 Å². The lowest BCUT2D eigenvalue weighted by Gasteiger charge is -2.23. The van der Waals surface area contributed by atoms with E-state index in [0.717, 1.165) is 40.8 Å². The van der Waals surface area contributed by atoms with E-state index >= 15 is 0 Å². The summed E-state index contributed by atoms with van der Waals surface area (Å²) in [4.78, 5) is 105. The number of Topliss-reactive ketones (excluding diaryl/α,β-unsaturated/α-hetero) is 2. The van der Waals surface area contributed by atoms with E-state index in [1.165, 1.54) is 31.2 Å². The van der Waals surface area contributed by atoms with Gasteiger partial charge >= 0.3 is 24.4 Å². The quantitative estimate of drug-likeness (QED) is 0.0341. The molecule has 0 bridgehead atoms. The number of fused-ring (bicyclic) bond motifs is 2. The van der Waals surface area contributed by atoms with Gasteiger partial charge in [-0.05, 0) is 192 Å². The SMILES string of the molecule is CC(=NC(=O)OC(C)(C)C)NC(=O)OC(C)(C)C.CC(C)(C)OC(=O)N=C(CCC[C@H]1Cc2ccccc2[C@@H]1NC(=O)C(=O)Cc1ccc(Cl)c(F)c1)NC(=O)OC(C)(C)C.O=C(Cc1ccc(Cl)c(F)c1)C(=O)N[C@H]1c2ccccc2C[C@@H]1CCO. The fraction of sp³-hybridized carbons (Fsp3) is 0.469. The summed E-state index contributed by atoms with van der Waals surface area (Å²) >= 11 is 11.3. The normalized spacial score (nSPS) is 16.4. The van der Waals surface area contributed by atoms with Gasteiger partial charge in [0.25, 0.3) is 11.8 Å². The Bertz CT molecular complexity index is 3200. The van der Waals surface area contributed by atoms with Crippen LogP contribution in [0.15, 0.2) is 94.9 Å². The van der Waals surface area contributed by atoms with E-state index in [2.05, 4.69) is 31.3 Å². The van der Waals surface area contributed by atoms with Gasteiger partial charge < -0.3 is 34.7 Å². The summed E-state index contributed by atoms with van der Waals surface area (Å²) in [5.41, 5.74) is 2.07. The highest BCUT2D eigenvalue weighted by atomic mass is 35.5. The molecule has 0 aromatic heterocycles. The number of hydrogen-bond donors (Lipinski definition) is 5. The van der Waals surface area contributed by atoms with Crippen molar-refractivity contribution in [3.8, 4) is 0 Å². The topological polar surface area (TPSA) is 267 Å². The van der Waals surface area contributed by atoms with E-state index in [0.29, 0.717) is 36.8 Å². The van der Waals surface area contributed by atoms with Gasteiger partial charge in [0.15, 0.2) is 0 Å². The Morgan fingerprint density at radius 1 is 0.552 bits per heavy atom. The number of amides is 6. The molecular weight excluding hydrogens is 1170 g/mol. The first-order valence-corrected chi connectivity index (χ1v) is 29.0. The fourth-order valence-corrected chi connectivity index (χ4v) is 9.35. The molecule has 4 atom stereocenters. The molecule has 0 saturated heterocycles. The molecule has 0 aliphatic heterocycles. The highest BCUT2D eigenvalue weighted by Crippen LogP contribution is 2.40. The third kappa shape index (κ3) is 25.7. The smallest absolute Gasteiger partial charge is 0.435 e. The van der Waals surface area contributed by atoms with Crippen molar-refractivity contribution in [2.24, 2.45) is 21.8 Å². The van der Waals surface area contributed by atoms with E-state index in [-0.39, 0.29) is 65.5 Å². The molecule has 0 fully saturated rings. The minimum absolute atomic E-state index is 0.0169. The largest absolute Gasteiger partial charge is 0.444 e. The van der Waals surface area contributed by atoms with Crippen molar-refractivity contribution in [1.29, 1.82) is 0 Å². The third-order valence-corrected chi connectivity index (χ3v) is 13.2. The molecule has 87 heavy (non-hydrogen) atoms. The van der Waals surface area contributed by atoms with Crippen LogP contribution in [0.25, 0.3) is 0 Å². The van der Waals surface area contributed by atoms with Crippen LogP contribution in [0.1, 0.15) is 161 Å². The van der Waals surface area contributed by atoms with Crippen molar-refractivity contribution in [1.82, 2.24) is 21.3 Å². The third-order valence-electron chi connectivity index (χ3n) is 12.6. The number of aliphatic imine (C=N–C) groups is 2. The van der Waals surface area contributed by atoms with Crippen LogP contribution < -0.4 is 21.3 Å². The standard InChI is InChI=1S/C32H39ClFN3O6.C20H19ClFNO3.C12H22N2O4/c1-31(2,3)42-29(40)35-26(36-30(41)43-32(4,5)6)13-9-11-21-18-20-10-7-8-12-22(20)27(21)37-28(39)25(38)17-19-14-15-23(33)24(34)16-19;21-16-6-5-12(9-17(16)22)10-18(25)20(26)23-19-14(7-8-24)11-13-3-1-2-4-15(13)19;1-8(13-9(15)17-11(2,3)4)14-10(16)18-12(5,6)7/h7-8,10,12,14-16,21,27H,9,11,13,17-18H2,1-6H3,(H,37,39)(H,35,36,40,41);1-6,9,14,19,24H,7-8,10-11H2,(H,23,26);1-7H3,(H,13,14,15,16)/t21-,27+;14-,19+;/m00./s1. The molecular formula is C64H80Cl2F2N6O13. The number of rotatable bonds is 14.